The van der Waals surface area contributed by atoms with Crippen molar-refractivity contribution in [3.8, 4) is 0 Å². The molecule has 0 aromatic heterocycles. The first-order chi connectivity index (χ1) is 11.3. The van der Waals surface area contributed by atoms with Gasteiger partial charge in [-0.05, 0) is 18.8 Å². The number of ketones is 2. The number of carbonyl (C=O) groups is 2. The van der Waals surface area contributed by atoms with Crippen molar-refractivity contribution in [2.24, 2.45) is 11.8 Å². The lowest BCUT2D eigenvalue weighted by Gasteiger charge is -2.26. The Bertz CT molecular complexity index is 701. The molecule has 2 nitrogen and oxygen atoms in total. The van der Waals surface area contributed by atoms with Gasteiger partial charge in [0.2, 0.25) is 0 Å². The van der Waals surface area contributed by atoms with Crippen LogP contribution in [-0.2, 0) is 0 Å². The Balaban J connectivity index is 1.77. The van der Waals surface area contributed by atoms with Crippen LogP contribution in [0, 0.1) is 11.8 Å². The lowest BCUT2D eigenvalue weighted by Crippen LogP contribution is -2.26. The topological polar surface area (TPSA) is 34.1 Å². The molecule has 0 aliphatic heterocycles. The van der Waals surface area contributed by atoms with Crippen molar-refractivity contribution < 1.29 is 9.59 Å². The van der Waals surface area contributed by atoms with Gasteiger partial charge in [0.15, 0.2) is 11.6 Å². The highest BCUT2D eigenvalue weighted by atomic mass is 16.1. The molecule has 23 heavy (non-hydrogen) atoms. The Hall–Kier alpha value is -2.48. The number of carbonyl (C=O) groups excluding carboxylic acids is 2. The molecule has 2 aromatic carbocycles. The average molecular weight is 304 g/mol. The van der Waals surface area contributed by atoms with Crippen LogP contribution < -0.4 is 0 Å². The molecule has 0 saturated carbocycles. The zero-order valence-electron chi connectivity index (χ0n) is 13.0. The molecule has 0 fully saturated rings. The summed E-state index contributed by atoms with van der Waals surface area (Å²) in [5.74, 6) is 0.128. The van der Waals surface area contributed by atoms with E-state index in [2.05, 4.69) is 6.08 Å². The number of rotatable bonds is 5. The number of hydrogen-bond donors (Lipinski definition) is 0. The molecule has 0 N–H and O–H groups in total. The van der Waals surface area contributed by atoms with Crippen molar-refractivity contribution in [2.75, 3.05) is 0 Å². The fourth-order valence-corrected chi connectivity index (χ4v) is 3.20. The third kappa shape index (κ3) is 3.65. The predicted octanol–water partition coefficient (Wildman–Crippen LogP) is 4.72. The lowest BCUT2D eigenvalue weighted by molar-refractivity contribution is 0.0862. The SMILES string of the molecule is O=C(CC1CCC=CC1C(=O)c1ccccc1)c1ccccc1. The maximum Gasteiger partial charge on any atom is 0.169 e. The van der Waals surface area contributed by atoms with Gasteiger partial charge in [-0.2, -0.15) is 0 Å². The fourth-order valence-electron chi connectivity index (χ4n) is 3.20. The van der Waals surface area contributed by atoms with E-state index in [1.165, 1.54) is 0 Å². The Morgan fingerprint density at radius 3 is 2.13 bits per heavy atom. The van der Waals surface area contributed by atoms with Crippen LogP contribution >= 0.6 is 0 Å². The van der Waals surface area contributed by atoms with Crippen molar-refractivity contribution in [3.05, 3.63) is 83.9 Å². The molecule has 1 aliphatic rings. The van der Waals surface area contributed by atoms with E-state index in [-0.39, 0.29) is 23.4 Å². The minimum Gasteiger partial charge on any atom is -0.294 e. The van der Waals surface area contributed by atoms with Gasteiger partial charge in [0.25, 0.3) is 0 Å². The van der Waals surface area contributed by atoms with Gasteiger partial charge in [0.05, 0.1) is 0 Å². The summed E-state index contributed by atoms with van der Waals surface area (Å²) < 4.78 is 0. The van der Waals surface area contributed by atoms with Crippen LogP contribution in [0.4, 0.5) is 0 Å². The van der Waals surface area contributed by atoms with Crippen LogP contribution in [-0.4, -0.2) is 11.6 Å². The molecule has 0 heterocycles. The molecule has 0 radical (unpaired) electrons. The lowest BCUT2D eigenvalue weighted by atomic mass is 9.76. The molecule has 116 valence electrons. The van der Waals surface area contributed by atoms with Gasteiger partial charge < -0.3 is 0 Å². The summed E-state index contributed by atoms with van der Waals surface area (Å²) in [7, 11) is 0. The molecule has 2 aromatic rings. The maximum atomic E-state index is 12.8. The van der Waals surface area contributed by atoms with E-state index in [9.17, 15) is 9.59 Å². The Morgan fingerprint density at radius 1 is 0.870 bits per heavy atom. The van der Waals surface area contributed by atoms with Crippen molar-refractivity contribution in [1.82, 2.24) is 0 Å². The third-order valence-electron chi connectivity index (χ3n) is 4.46. The highest BCUT2D eigenvalue weighted by Gasteiger charge is 2.30. The summed E-state index contributed by atoms with van der Waals surface area (Å²) in [6.45, 7) is 0. The molecule has 2 heteroatoms. The van der Waals surface area contributed by atoms with Crippen molar-refractivity contribution in [1.29, 1.82) is 0 Å². The molecule has 2 unspecified atom stereocenters. The highest BCUT2D eigenvalue weighted by Crippen LogP contribution is 2.31. The van der Waals surface area contributed by atoms with E-state index in [1.807, 2.05) is 66.7 Å². The molecular formula is C21H20O2. The molecule has 3 rings (SSSR count). The van der Waals surface area contributed by atoms with E-state index in [0.29, 0.717) is 6.42 Å². The Labute approximate surface area is 136 Å². The summed E-state index contributed by atoms with van der Waals surface area (Å²) in [4.78, 5) is 25.2. The summed E-state index contributed by atoms with van der Waals surface area (Å²) in [6, 6.07) is 18.7. The van der Waals surface area contributed by atoms with Gasteiger partial charge in [-0.3, -0.25) is 9.59 Å². The van der Waals surface area contributed by atoms with Crippen molar-refractivity contribution in [2.45, 2.75) is 19.3 Å². The molecule has 2 atom stereocenters. The van der Waals surface area contributed by atoms with Crippen LogP contribution in [0.1, 0.15) is 40.0 Å². The van der Waals surface area contributed by atoms with E-state index >= 15 is 0 Å². The van der Waals surface area contributed by atoms with Crippen molar-refractivity contribution in [3.63, 3.8) is 0 Å². The summed E-state index contributed by atoms with van der Waals surface area (Å²) in [5, 5.41) is 0. The normalized spacial score (nSPS) is 20.2. The molecule has 0 saturated heterocycles. The van der Waals surface area contributed by atoms with Crippen LogP contribution in [0.15, 0.2) is 72.8 Å². The number of benzene rings is 2. The summed E-state index contributed by atoms with van der Waals surface area (Å²) in [6.07, 6.45) is 6.30. The summed E-state index contributed by atoms with van der Waals surface area (Å²) >= 11 is 0. The molecular weight excluding hydrogens is 284 g/mol. The van der Waals surface area contributed by atoms with Gasteiger partial charge in [-0.25, -0.2) is 0 Å². The Morgan fingerprint density at radius 2 is 1.48 bits per heavy atom. The molecule has 0 bridgehead atoms. The first-order valence-corrected chi connectivity index (χ1v) is 8.10. The van der Waals surface area contributed by atoms with Crippen LogP contribution in [0.2, 0.25) is 0 Å². The van der Waals surface area contributed by atoms with Gasteiger partial charge in [-0.15, -0.1) is 0 Å². The standard InChI is InChI=1S/C21H20O2/c22-20(16-9-3-1-4-10-16)15-18-13-7-8-14-19(18)21(23)17-11-5-2-6-12-17/h1-6,8-12,14,18-19H,7,13,15H2. The number of Topliss-reactive ketones (excluding diaryl/α,β-unsaturated/α-hetero) is 2. The van der Waals surface area contributed by atoms with Crippen molar-refractivity contribution >= 4 is 11.6 Å². The first kappa shape index (κ1) is 15.4. The van der Waals surface area contributed by atoms with E-state index in [0.717, 1.165) is 24.0 Å². The second kappa shape index (κ2) is 7.19. The monoisotopic (exact) mass is 304 g/mol. The predicted molar refractivity (Wildman–Crippen MR) is 91.5 cm³/mol. The largest absolute Gasteiger partial charge is 0.294 e. The minimum absolute atomic E-state index is 0.0837. The third-order valence-corrected chi connectivity index (χ3v) is 4.46. The van der Waals surface area contributed by atoms with Crippen LogP contribution in [0.5, 0.6) is 0 Å². The van der Waals surface area contributed by atoms with Gasteiger partial charge in [-0.1, -0.05) is 72.8 Å². The molecule has 0 amide bonds. The second-order valence-corrected chi connectivity index (χ2v) is 6.01. The zero-order valence-corrected chi connectivity index (χ0v) is 13.0. The van der Waals surface area contributed by atoms with Crippen LogP contribution in [0.25, 0.3) is 0 Å². The highest BCUT2D eigenvalue weighted by molar-refractivity contribution is 6.00. The minimum atomic E-state index is -0.196. The number of hydrogen-bond acceptors (Lipinski definition) is 2. The second-order valence-electron chi connectivity index (χ2n) is 6.01. The fraction of sp³-hybridized carbons (Fsp3) is 0.238. The van der Waals surface area contributed by atoms with Gasteiger partial charge in [0.1, 0.15) is 0 Å². The Kier molecular flexibility index (Phi) is 4.82. The number of allylic oxidation sites excluding steroid dienone is 2. The maximum absolute atomic E-state index is 12.8. The van der Waals surface area contributed by atoms with E-state index in [4.69, 9.17) is 0 Å². The zero-order chi connectivity index (χ0) is 16.1. The van der Waals surface area contributed by atoms with Gasteiger partial charge in [0, 0.05) is 23.5 Å². The van der Waals surface area contributed by atoms with E-state index < -0.39 is 0 Å². The molecule has 0 spiro atoms. The smallest absolute Gasteiger partial charge is 0.169 e. The van der Waals surface area contributed by atoms with Gasteiger partial charge >= 0.3 is 0 Å². The average Bonchev–Trinajstić information content (AvgIpc) is 2.63. The quantitative estimate of drug-likeness (QED) is 0.591. The first-order valence-electron chi connectivity index (χ1n) is 8.10. The molecule has 1 aliphatic carbocycles. The van der Waals surface area contributed by atoms with Crippen LogP contribution in [0.3, 0.4) is 0 Å². The van der Waals surface area contributed by atoms with E-state index in [1.54, 1.807) is 0 Å². The summed E-state index contributed by atoms with van der Waals surface area (Å²) in [5.41, 5.74) is 1.45.